The van der Waals surface area contributed by atoms with Crippen LogP contribution in [0.2, 0.25) is 0 Å². The summed E-state index contributed by atoms with van der Waals surface area (Å²) in [7, 11) is 3.78. The van der Waals surface area contributed by atoms with Gasteiger partial charge in [0.25, 0.3) is 0 Å². The van der Waals surface area contributed by atoms with Crippen LogP contribution in [0.5, 0.6) is 5.75 Å². The number of halogens is 3. The Morgan fingerprint density at radius 2 is 1.87 bits per heavy atom. The molecule has 3 rings (SSSR count). The lowest BCUT2D eigenvalue weighted by Crippen LogP contribution is -2.43. The van der Waals surface area contributed by atoms with Gasteiger partial charge in [0.05, 0.1) is 10.2 Å². The Kier molecular flexibility index (Phi) is 6.78. The molecule has 3 aromatic rings. The quantitative estimate of drug-likeness (QED) is 0.591. The van der Waals surface area contributed by atoms with Crippen LogP contribution in [0.1, 0.15) is 5.56 Å². The molecule has 0 bridgehead atoms. The van der Waals surface area contributed by atoms with Crippen molar-refractivity contribution in [3.05, 3.63) is 54.1 Å². The molecular formula is C20H21F3N4O2S. The number of aromatic nitrogens is 1. The molecular weight excluding hydrogens is 417 g/mol. The molecule has 10 heteroatoms. The minimum Gasteiger partial charge on any atom is -0.406 e. The zero-order valence-electron chi connectivity index (χ0n) is 16.4. The van der Waals surface area contributed by atoms with E-state index in [0.29, 0.717) is 35.0 Å². The first kappa shape index (κ1) is 21.8. The molecule has 1 aromatic heterocycles. The number of benzene rings is 2. The van der Waals surface area contributed by atoms with Gasteiger partial charge < -0.3 is 15.0 Å². The average Bonchev–Trinajstić information content (AvgIpc) is 3.08. The van der Waals surface area contributed by atoms with E-state index in [0.717, 1.165) is 16.9 Å². The number of amides is 2. The molecule has 2 amide bonds. The Labute approximate surface area is 175 Å². The van der Waals surface area contributed by atoms with Gasteiger partial charge >= 0.3 is 12.4 Å². The third-order valence-corrected chi connectivity index (χ3v) is 5.16. The fourth-order valence-electron chi connectivity index (χ4n) is 2.66. The van der Waals surface area contributed by atoms with E-state index in [1.54, 1.807) is 0 Å². The zero-order chi connectivity index (χ0) is 21.7. The van der Waals surface area contributed by atoms with E-state index < -0.39 is 6.36 Å². The zero-order valence-corrected chi connectivity index (χ0v) is 17.3. The van der Waals surface area contributed by atoms with Crippen LogP contribution in [0.25, 0.3) is 10.2 Å². The van der Waals surface area contributed by atoms with Gasteiger partial charge in [0.2, 0.25) is 0 Å². The summed E-state index contributed by atoms with van der Waals surface area (Å²) in [5.74, 6) is -0.321. The van der Waals surface area contributed by atoms with Crippen LogP contribution in [0.3, 0.4) is 0 Å². The monoisotopic (exact) mass is 438 g/mol. The van der Waals surface area contributed by atoms with Crippen molar-refractivity contribution in [3.63, 3.8) is 0 Å². The van der Waals surface area contributed by atoms with Gasteiger partial charge in [0.15, 0.2) is 5.13 Å². The summed E-state index contributed by atoms with van der Waals surface area (Å²) in [5, 5.41) is 3.27. The highest BCUT2D eigenvalue weighted by Crippen LogP contribution is 2.33. The number of nitrogens with zero attached hydrogens (tertiary/aromatic N) is 3. The highest BCUT2D eigenvalue weighted by Gasteiger charge is 2.31. The first-order chi connectivity index (χ1) is 14.2. The van der Waals surface area contributed by atoms with E-state index in [9.17, 15) is 18.0 Å². The SMILES string of the molecule is CN(C)CCN(C(=O)NCc1ccccc1)c1nc2ccc(OC(F)(F)F)cc2s1. The Morgan fingerprint density at radius 1 is 1.13 bits per heavy atom. The maximum Gasteiger partial charge on any atom is 0.573 e. The van der Waals surface area contributed by atoms with Gasteiger partial charge in [-0.05, 0) is 31.8 Å². The van der Waals surface area contributed by atoms with Crippen molar-refractivity contribution in [1.82, 2.24) is 15.2 Å². The minimum absolute atomic E-state index is 0.321. The van der Waals surface area contributed by atoms with Crippen LogP contribution in [-0.4, -0.2) is 49.5 Å². The second-order valence-corrected chi connectivity index (χ2v) is 7.78. The van der Waals surface area contributed by atoms with Gasteiger partial charge in [0.1, 0.15) is 5.75 Å². The number of alkyl halides is 3. The van der Waals surface area contributed by atoms with Gasteiger partial charge in [-0.1, -0.05) is 41.7 Å². The van der Waals surface area contributed by atoms with E-state index >= 15 is 0 Å². The molecule has 0 spiro atoms. The molecule has 0 aliphatic carbocycles. The van der Waals surface area contributed by atoms with Crippen molar-refractivity contribution in [1.29, 1.82) is 0 Å². The van der Waals surface area contributed by atoms with Crippen molar-refractivity contribution in [2.75, 3.05) is 32.1 Å². The molecule has 0 aliphatic heterocycles. The molecule has 30 heavy (non-hydrogen) atoms. The molecule has 1 N–H and O–H groups in total. The van der Waals surface area contributed by atoms with Gasteiger partial charge in [-0.25, -0.2) is 9.78 Å². The molecule has 0 atom stereocenters. The number of carbonyl (C=O) groups is 1. The summed E-state index contributed by atoms with van der Waals surface area (Å²) < 4.78 is 41.9. The predicted octanol–water partition coefficient (Wildman–Crippen LogP) is 4.47. The topological polar surface area (TPSA) is 57.7 Å². The van der Waals surface area contributed by atoms with Crippen LogP contribution in [0.4, 0.5) is 23.1 Å². The van der Waals surface area contributed by atoms with Crippen molar-refractivity contribution in [2.24, 2.45) is 0 Å². The minimum atomic E-state index is -4.77. The molecule has 2 aromatic carbocycles. The van der Waals surface area contributed by atoms with E-state index in [4.69, 9.17) is 0 Å². The number of ether oxygens (including phenoxy) is 1. The standard InChI is InChI=1S/C20H21F3N4O2S/c1-26(2)10-11-27(18(28)24-13-14-6-4-3-5-7-14)19-25-16-9-8-15(12-17(16)30-19)29-20(21,22)23/h3-9,12H,10-11,13H2,1-2H3,(H,24,28). The van der Waals surface area contributed by atoms with Crippen LogP contribution < -0.4 is 15.0 Å². The number of urea groups is 1. The Morgan fingerprint density at radius 3 is 2.53 bits per heavy atom. The van der Waals surface area contributed by atoms with Gasteiger partial charge in [-0.3, -0.25) is 4.90 Å². The third-order valence-electron chi connectivity index (χ3n) is 4.12. The Bertz CT molecular complexity index is 993. The van der Waals surface area contributed by atoms with Crippen molar-refractivity contribution in [3.8, 4) is 5.75 Å². The number of likely N-dealkylation sites (N-methyl/N-ethyl adjacent to an activating group) is 1. The molecule has 1 heterocycles. The van der Waals surface area contributed by atoms with Crippen molar-refractivity contribution in [2.45, 2.75) is 12.9 Å². The molecule has 0 unspecified atom stereocenters. The number of anilines is 1. The second kappa shape index (κ2) is 9.31. The molecule has 160 valence electrons. The average molecular weight is 438 g/mol. The molecule has 6 nitrogen and oxygen atoms in total. The molecule has 0 aliphatic rings. The van der Waals surface area contributed by atoms with E-state index in [-0.39, 0.29) is 11.8 Å². The van der Waals surface area contributed by atoms with E-state index in [2.05, 4.69) is 15.0 Å². The van der Waals surface area contributed by atoms with Gasteiger partial charge in [0, 0.05) is 25.7 Å². The largest absolute Gasteiger partial charge is 0.573 e. The summed E-state index contributed by atoms with van der Waals surface area (Å²) in [6, 6.07) is 13.1. The lowest BCUT2D eigenvalue weighted by atomic mass is 10.2. The second-order valence-electron chi connectivity index (χ2n) is 6.77. The summed E-state index contributed by atoms with van der Waals surface area (Å²) in [6.07, 6.45) is -4.77. The van der Waals surface area contributed by atoms with Crippen molar-refractivity contribution >= 4 is 32.7 Å². The summed E-state index contributed by atoms with van der Waals surface area (Å²) in [4.78, 5) is 20.7. The first-order valence-electron chi connectivity index (χ1n) is 9.11. The highest BCUT2D eigenvalue weighted by molar-refractivity contribution is 7.22. The maximum absolute atomic E-state index is 12.9. The summed E-state index contributed by atoms with van der Waals surface area (Å²) in [6.45, 7) is 1.32. The number of nitrogens with one attached hydrogen (secondary N) is 1. The van der Waals surface area contributed by atoms with E-state index in [1.807, 2.05) is 49.3 Å². The molecule has 0 saturated carbocycles. The van der Waals surface area contributed by atoms with Crippen LogP contribution >= 0.6 is 11.3 Å². The van der Waals surface area contributed by atoms with Crippen LogP contribution in [0, 0.1) is 0 Å². The molecule has 0 fully saturated rings. The Hall–Kier alpha value is -2.85. The number of thiazole rings is 1. The van der Waals surface area contributed by atoms with Gasteiger partial charge in [-0.2, -0.15) is 0 Å². The molecule has 0 radical (unpaired) electrons. The van der Waals surface area contributed by atoms with E-state index in [1.165, 1.54) is 23.1 Å². The normalized spacial score (nSPS) is 11.7. The summed E-state index contributed by atoms with van der Waals surface area (Å²) in [5.41, 5.74) is 1.45. The third kappa shape index (κ3) is 6.07. The number of rotatable bonds is 7. The molecule has 0 saturated heterocycles. The van der Waals surface area contributed by atoms with Crippen LogP contribution in [0.15, 0.2) is 48.5 Å². The number of carbonyl (C=O) groups excluding carboxylic acids is 1. The lowest BCUT2D eigenvalue weighted by molar-refractivity contribution is -0.274. The lowest BCUT2D eigenvalue weighted by Gasteiger charge is -2.22. The maximum atomic E-state index is 12.9. The smallest absolute Gasteiger partial charge is 0.406 e. The fraction of sp³-hybridized carbons (Fsp3) is 0.300. The van der Waals surface area contributed by atoms with Crippen LogP contribution in [-0.2, 0) is 6.54 Å². The number of hydrogen-bond acceptors (Lipinski definition) is 5. The first-order valence-corrected chi connectivity index (χ1v) is 9.93. The number of hydrogen-bond donors (Lipinski definition) is 1. The van der Waals surface area contributed by atoms with Gasteiger partial charge in [-0.15, -0.1) is 13.2 Å². The Balaban J connectivity index is 1.81. The predicted molar refractivity (Wildman–Crippen MR) is 111 cm³/mol. The summed E-state index contributed by atoms with van der Waals surface area (Å²) >= 11 is 1.14. The highest BCUT2D eigenvalue weighted by atomic mass is 32.1. The number of fused-ring (bicyclic) bond motifs is 1. The van der Waals surface area contributed by atoms with Crippen molar-refractivity contribution < 1.29 is 22.7 Å². The fourth-order valence-corrected chi connectivity index (χ4v) is 3.68.